The van der Waals surface area contributed by atoms with Crippen LogP contribution in [0.2, 0.25) is 0 Å². The van der Waals surface area contributed by atoms with Crippen LogP contribution in [0.1, 0.15) is 95.2 Å². The summed E-state index contributed by atoms with van der Waals surface area (Å²) in [5.41, 5.74) is 3.64. The summed E-state index contributed by atoms with van der Waals surface area (Å²) in [5.74, 6) is 0.549. The average Bonchev–Trinajstić information content (AvgIpc) is 3.62. The summed E-state index contributed by atoms with van der Waals surface area (Å²) < 4.78 is 28.5. The Bertz CT molecular complexity index is 1790. The molecular weight excluding hydrogens is 647 g/mol. The second-order valence-electron chi connectivity index (χ2n) is 15.8. The summed E-state index contributed by atoms with van der Waals surface area (Å²) in [7, 11) is 1.71. The molecule has 1 saturated heterocycles. The lowest BCUT2D eigenvalue weighted by molar-refractivity contribution is -0.124. The van der Waals surface area contributed by atoms with Crippen LogP contribution in [0.4, 0.5) is 15.0 Å². The van der Waals surface area contributed by atoms with Crippen molar-refractivity contribution in [2.45, 2.75) is 103 Å². The van der Waals surface area contributed by atoms with Crippen molar-refractivity contribution < 1.29 is 23.5 Å². The van der Waals surface area contributed by atoms with E-state index in [-0.39, 0.29) is 46.8 Å². The fourth-order valence-electron chi connectivity index (χ4n) is 8.88. The van der Waals surface area contributed by atoms with E-state index >= 15 is 4.39 Å². The molecule has 0 unspecified atom stereocenters. The number of pyridine rings is 1. The third-order valence-electron chi connectivity index (χ3n) is 12.3. The van der Waals surface area contributed by atoms with Gasteiger partial charge in [-0.15, -0.1) is 0 Å². The quantitative estimate of drug-likeness (QED) is 0.225. The molecule has 1 aromatic carbocycles. The molecule has 5 fully saturated rings. The number of likely N-dealkylation sites (tertiary alicyclic amines) is 1. The fourth-order valence-corrected chi connectivity index (χ4v) is 8.88. The van der Waals surface area contributed by atoms with Crippen molar-refractivity contribution in [3.8, 4) is 22.9 Å². The fraction of sp³-hybridized carbons (Fsp3) is 0.575. The zero-order chi connectivity index (χ0) is 35.9. The van der Waals surface area contributed by atoms with Crippen molar-refractivity contribution in [2.75, 3.05) is 31.6 Å². The largest absolute Gasteiger partial charge is 0.496 e. The first-order valence-electron chi connectivity index (χ1n) is 18.5. The number of nitriles is 1. The number of rotatable bonds is 9. The lowest BCUT2D eigenvalue weighted by atomic mass is 9.51. The number of halogens is 1. The molecule has 2 bridgehead atoms. The minimum atomic E-state index is -0.451. The van der Waals surface area contributed by atoms with Crippen molar-refractivity contribution in [3.63, 3.8) is 0 Å². The van der Waals surface area contributed by atoms with Gasteiger partial charge in [-0.2, -0.15) is 10.4 Å². The van der Waals surface area contributed by atoms with Crippen LogP contribution >= 0.6 is 0 Å². The van der Waals surface area contributed by atoms with Crippen molar-refractivity contribution in [2.24, 2.45) is 17.3 Å². The third-order valence-corrected chi connectivity index (χ3v) is 12.3. The number of anilines is 1. The summed E-state index contributed by atoms with van der Waals surface area (Å²) in [6, 6.07) is 10.6. The minimum Gasteiger partial charge on any atom is -0.496 e. The standard InChI is InChI=1S/C40H49FN6O4/c1-26(2)47-24-30(20-44-47)33-18-36(43-21-34(33)41)46(37(48)29-5-8-32(9-6-29)51-38(49)45-22-28(19-42)23-45)25-39-11-14-40(15-12-39,16-13-39)31-7-10-35(50-4)27(3)17-31/h7,10,17-18,20-21,24,26,28-29,32H,5-6,8-9,11-16,22-23,25H2,1-4H3. The molecule has 5 aliphatic rings. The van der Waals surface area contributed by atoms with Crippen molar-refractivity contribution in [3.05, 3.63) is 59.8 Å². The molecule has 8 rings (SSSR count). The number of amides is 2. The van der Waals surface area contributed by atoms with Crippen LogP contribution in [-0.4, -0.2) is 64.5 Å². The SMILES string of the molecule is COc1ccc(C23CCC(CN(C(=O)C4CCC(OC(=O)N5CC(C#N)C5)CC4)c4cc(-c5cnn(C(C)C)c5)c(F)cn4)(CC2)CC3)cc1C. The number of fused-ring (bicyclic) bond motifs is 3. The predicted octanol–water partition coefficient (Wildman–Crippen LogP) is 7.76. The predicted molar refractivity (Wildman–Crippen MR) is 191 cm³/mol. The van der Waals surface area contributed by atoms with Gasteiger partial charge in [0, 0.05) is 48.9 Å². The number of aryl methyl sites for hydroxylation is 1. The second-order valence-corrected chi connectivity index (χ2v) is 15.8. The maximum Gasteiger partial charge on any atom is 0.410 e. The van der Waals surface area contributed by atoms with Gasteiger partial charge in [0.15, 0.2) is 0 Å². The maximum absolute atomic E-state index is 15.4. The molecule has 2 aromatic heterocycles. The summed E-state index contributed by atoms with van der Waals surface area (Å²) in [5, 5.41) is 13.5. The van der Waals surface area contributed by atoms with Crippen LogP contribution in [0.3, 0.4) is 0 Å². The number of methoxy groups -OCH3 is 1. The highest BCUT2D eigenvalue weighted by atomic mass is 19.1. The monoisotopic (exact) mass is 696 g/mol. The number of hydrogen-bond donors (Lipinski definition) is 0. The molecule has 10 nitrogen and oxygen atoms in total. The van der Waals surface area contributed by atoms with E-state index in [0.717, 1.165) is 49.8 Å². The van der Waals surface area contributed by atoms with Gasteiger partial charge >= 0.3 is 6.09 Å². The number of aromatic nitrogens is 3. The minimum absolute atomic E-state index is 0.00452. The van der Waals surface area contributed by atoms with Gasteiger partial charge in [0.1, 0.15) is 23.5 Å². The van der Waals surface area contributed by atoms with Crippen molar-refractivity contribution in [1.29, 1.82) is 5.26 Å². The average molecular weight is 697 g/mol. The molecule has 1 aliphatic heterocycles. The number of benzene rings is 1. The molecule has 0 spiro atoms. The Kier molecular flexibility index (Phi) is 9.55. The van der Waals surface area contributed by atoms with Crippen molar-refractivity contribution >= 4 is 17.8 Å². The number of ether oxygens (including phenoxy) is 2. The summed E-state index contributed by atoms with van der Waals surface area (Å²) in [6.07, 6.45) is 12.7. The molecule has 4 aliphatic carbocycles. The lowest BCUT2D eigenvalue weighted by Gasteiger charge is -2.55. The summed E-state index contributed by atoms with van der Waals surface area (Å²) in [4.78, 5) is 35.2. The molecule has 3 aromatic rings. The van der Waals surface area contributed by atoms with E-state index in [1.54, 1.807) is 29.0 Å². The van der Waals surface area contributed by atoms with Gasteiger partial charge in [0.05, 0.1) is 31.5 Å². The van der Waals surface area contributed by atoms with E-state index in [1.165, 1.54) is 11.8 Å². The highest BCUT2D eigenvalue weighted by molar-refractivity contribution is 5.95. The van der Waals surface area contributed by atoms with Crippen LogP contribution in [-0.2, 0) is 14.9 Å². The van der Waals surface area contributed by atoms with E-state index in [4.69, 9.17) is 14.7 Å². The summed E-state index contributed by atoms with van der Waals surface area (Å²) in [6.45, 7) is 7.50. The van der Waals surface area contributed by atoms with Crippen LogP contribution < -0.4 is 9.64 Å². The Morgan fingerprint density at radius 3 is 2.37 bits per heavy atom. The number of hydrogen-bond acceptors (Lipinski definition) is 7. The van der Waals surface area contributed by atoms with Gasteiger partial charge in [0.2, 0.25) is 5.91 Å². The molecule has 0 N–H and O–H groups in total. The van der Waals surface area contributed by atoms with Gasteiger partial charge in [-0.1, -0.05) is 12.1 Å². The molecule has 51 heavy (non-hydrogen) atoms. The van der Waals surface area contributed by atoms with Gasteiger partial charge < -0.3 is 14.4 Å². The molecule has 4 saturated carbocycles. The van der Waals surface area contributed by atoms with Gasteiger partial charge in [-0.3, -0.25) is 14.4 Å². The first-order chi connectivity index (χ1) is 24.5. The number of nitrogens with zero attached hydrogens (tertiary/aromatic N) is 6. The molecule has 2 amide bonds. The van der Waals surface area contributed by atoms with Crippen LogP contribution in [0, 0.1) is 41.3 Å². The lowest BCUT2D eigenvalue weighted by Crippen LogP contribution is -2.52. The van der Waals surface area contributed by atoms with E-state index in [1.807, 2.05) is 24.9 Å². The Hall–Kier alpha value is -4.46. The zero-order valence-corrected chi connectivity index (χ0v) is 30.2. The second kappa shape index (κ2) is 13.9. The van der Waals surface area contributed by atoms with Gasteiger partial charge in [0.25, 0.3) is 0 Å². The van der Waals surface area contributed by atoms with E-state index in [9.17, 15) is 9.59 Å². The number of carbonyl (C=O) groups excluding carboxylic acids is 2. The summed E-state index contributed by atoms with van der Waals surface area (Å²) >= 11 is 0. The normalized spacial score (nSPS) is 26.0. The molecule has 11 heteroatoms. The highest BCUT2D eigenvalue weighted by Crippen LogP contribution is 2.58. The van der Waals surface area contributed by atoms with Crippen molar-refractivity contribution in [1.82, 2.24) is 19.7 Å². The zero-order valence-electron chi connectivity index (χ0n) is 30.2. The first kappa shape index (κ1) is 35.0. The topological polar surface area (TPSA) is 114 Å². The molecule has 3 heterocycles. The molecular formula is C40H49FN6O4. The molecule has 0 radical (unpaired) electrons. The Morgan fingerprint density at radius 1 is 1.06 bits per heavy atom. The number of carbonyl (C=O) groups is 2. The Labute approximate surface area is 299 Å². The van der Waals surface area contributed by atoms with Gasteiger partial charge in [-0.05, 0) is 119 Å². The molecule has 0 atom stereocenters. The van der Waals surface area contributed by atoms with E-state index in [0.29, 0.717) is 62.3 Å². The highest BCUT2D eigenvalue weighted by Gasteiger charge is 2.51. The van der Waals surface area contributed by atoms with Crippen LogP contribution in [0.5, 0.6) is 5.75 Å². The molecule has 270 valence electrons. The Morgan fingerprint density at radius 2 is 1.76 bits per heavy atom. The smallest absolute Gasteiger partial charge is 0.410 e. The van der Waals surface area contributed by atoms with Gasteiger partial charge in [-0.25, -0.2) is 14.2 Å². The van der Waals surface area contributed by atoms with Crippen LogP contribution in [0.15, 0.2) is 42.9 Å². The third kappa shape index (κ3) is 6.82. The van der Waals surface area contributed by atoms with E-state index in [2.05, 4.69) is 41.3 Å². The maximum atomic E-state index is 15.4. The van der Waals surface area contributed by atoms with Crippen LogP contribution in [0.25, 0.3) is 11.1 Å². The first-order valence-corrected chi connectivity index (χ1v) is 18.5. The van der Waals surface area contributed by atoms with E-state index < -0.39 is 5.82 Å². The Balaban J connectivity index is 1.11.